The molecule has 0 aliphatic heterocycles. The molecule has 2 aromatic carbocycles. The highest BCUT2D eigenvalue weighted by atomic mass is 16.5. The van der Waals surface area contributed by atoms with Gasteiger partial charge in [0.15, 0.2) is 5.60 Å². The Labute approximate surface area is 214 Å². The molecule has 0 radical (unpaired) electrons. The fourth-order valence-electron chi connectivity index (χ4n) is 4.26. The Balaban J connectivity index is 1.66. The van der Waals surface area contributed by atoms with Gasteiger partial charge in [-0.25, -0.2) is 9.59 Å². The van der Waals surface area contributed by atoms with Crippen LogP contribution in [0.5, 0.6) is 5.75 Å². The largest absolute Gasteiger partial charge is 0.478 e. The number of aryl methyl sites for hydroxylation is 3. The maximum absolute atomic E-state index is 13.2. The van der Waals surface area contributed by atoms with Crippen molar-refractivity contribution < 1.29 is 14.6 Å². The minimum absolute atomic E-state index is 0.0737. The van der Waals surface area contributed by atoms with E-state index in [9.17, 15) is 14.7 Å². The van der Waals surface area contributed by atoms with Crippen molar-refractivity contribution in [2.75, 3.05) is 0 Å². The Bertz CT molecular complexity index is 1170. The third-order valence-corrected chi connectivity index (χ3v) is 6.55. The van der Waals surface area contributed by atoms with Crippen molar-refractivity contribution in [1.29, 1.82) is 0 Å². The number of aliphatic carboxylic acids is 1. The summed E-state index contributed by atoms with van der Waals surface area (Å²) in [5.41, 5.74) is 3.40. The first-order valence-corrected chi connectivity index (χ1v) is 13.1. The van der Waals surface area contributed by atoms with Crippen molar-refractivity contribution in [1.82, 2.24) is 9.13 Å². The molecule has 1 N–H and O–H groups in total. The summed E-state index contributed by atoms with van der Waals surface area (Å²) in [6, 6.07) is 15.9. The zero-order valence-corrected chi connectivity index (χ0v) is 22.1. The van der Waals surface area contributed by atoms with Gasteiger partial charge in [0, 0.05) is 18.4 Å². The van der Waals surface area contributed by atoms with Crippen LogP contribution in [-0.2, 0) is 30.7 Å². The number of aromatic nitrogens is 2. The quantitative estimate of drug-likeness (QED) is 0.280. The van der Waals surface area contributed by atoms with Gasteiger partial charge >= 0.3 is 11.7 Å². The third kappa shape index (κ3) is 7.61. The van der Waals surface area contributed by atoms with Crippen LogP contribution in [0.2, 0.25) is 0 Å². The molecule has 36 heavy (non-hydrogen) atoms. The summed E-state index contributed by atoms with van der Waals surface area (Å²) >= 11 is 0. The molecule has 6 nitrogen and oxygen atoms in total. The Morgan fingerprint density at radius 1 is 0.917 bits per heavy atom. The minimum atomic E-state index is -1.27. The van der Waals surface area contributed by atoms with E-state index in [4.69, 9.17) is 4.74 Å². The van der Waals surface area contributed by atoms with Gasteiger partial charge in [-0.1, -0.05) is 68.1 Å². The van der Waals surface area contributed by atoms with Crippen LogP contribution in [0.1, 0.15) is 75.3 Å². The Morgan fingerprint density at radius 3 is 2.22 bits per heavy atom. The zero-order valence-electron chi connectivity index (χ0n) is 22.1. The number of rotatable bonds is 14. The van der Waals surface area contributed by atoms with Gasteiger partial charge in [0.05, 0.1) is 6.54 Å². The lowest BCUT2D eigenvalue weighted by molar-refractivity contribution is -0.152. The molecule has 0 atom stereocenters. The topological polar surface area (TPSA) is 73.5 Å². The maximum Gasteiger partial charge on any atom is 0.347 e. The van der Waals surface area contributed by atoms with Gasteiger partial charge in [-0.3, -0.25) is 9.13 Å². The molecule has 3 rings (SSSR count). The van der Waals surface area contributed by atoms with Gasteiger partial charge in [0.25, 0.3) is 0 Å². The van der Waals surface area contributed by atoms with E-state index in [1.165, 1.54) is 32.3 Å². The average molecular weight is 493 g/mol. The van der Waals surface area contributed by atoms with Crippen LogP contribution < -0.4 is 10.4 Å². The summed E-state index contributed by atoms with van der Waals surface area (Å²) in [5, 5.41) is 9.25. The highest BCUT2D eigenvalue weighted by Crippen LogP contribution is 2.20. The van der Waals surface area contributed by atoms with Crippen molar-refractivity contribution in [2.45, 2.75) is 91.3 Å². The fraction of sp³-hybridized carbons (Fsp3) is 0.467. The lowest BCUT2D eigenvalue weighted by Crippen LogP contribution is -2.37. The first-order valence-electron chi connectivity index (χ1n) is 13.1. The van der Waals surface area contributed by atoms with E-state index in [-0.39, 0.29) is 5.69 Å². The first-order chi connectivity index (χ1) is 17.2. The van der Waals surface area contributed by atoms with E-state index in [0.717, 1.165) is 55.5 Å². The summed E-state index contributed by atoms with van der Waals surface area (Å²) in [6.45, 7) is 8.69. The van der Waals surface area contributed by atoms with Crippen molar-refractivity contribution in [2.24, 2.45) is 0 Å². The number of hydrogen-bond donors (Lipinski definition) is 1. The third-order valence-electron chi connectivity index (χ3n) is 6.55. The predicted molar refractivity (Wildman–Crippen MR) is 144 cm³/mol. The normalized spacial score (nSPS) is 11.6. The average Bonchev–Trinajstić information content (AvgIpc) is 3.13. The zero-order chi connectivity index (χ0) is 26.1. The Kier molecular flexibility index (Phi) is 9.57. The molecule has 0 spiro atoms. The highest BCUT2D eigenvalue weighted by molar-refractivity contribution is 5.76. The molecule has 3 aromatic rings. The van der Waals surface area contributed by atoms with Gasteiger partial charge in [-0.05, 0) is 69.7 Å². The Morgan fingerprint density at radius 2 is 1.58 bits per heavy atom. The Hall–Kier alpha value is -3.28. The number of carboxylic acids is 1. The molecule has 6 heteroatoms. The highest BCUT2D eigenvalue weighted by Gasteiger charge is 2.29. The van der Waals surface area contributed by atoms with E-state index < -0.39 is 11.6 Å². The number of unbranched alkanes of at least 4 members (excludes halogenated alkanes) is 3. The molecule has 0 saturated carbocycles. The lowest BCUT2D eigenvalue weighted by Gasteiger charge is -2.21. The number of nitrogens with zero attached hydrogens (tertiary/aromatic N) is 2. The summed E-state index contributed by atoms with van der Waals surface area (Å²) in [7, 11) is 0. The summed E-state index contributed by atoms with van der Waals surface area (Å²) in [4.78, 5) is 24.5. The molecule has 0 saturated heterocycles. The van der Waals surface area contributed by atoms with Gasteiger partial charge in [0.2, 0.25) is 0 Å². The van der Waals surface area contributed by atoms with E-state index >= 15 is 0 Å². The van der Waals surface area contributed by atoms with Crippen molar-refractivity contribution in [3.63, 3.8) is 0 Å². The SMILES string of the molecule is CCCCCCn1c(CCCc2ccc(OC(C)(C)C(=O)O)cc2)cn(Cc2ccc(C)cc2)c1=O. The number of imidazole rings is 1. The molecular formula is C30H40N2O4. The second kappa shape index (κ2) is 12.6. The number of carboxylic acid groups (broad SMARTS) is 1. The molecule has 0 aliphatic rings. The van der Waals surface area contributed by atoms with Gasteiger partial charge in [-0.15, -0.1) is 0 Å². The van der Waals surface area contributed by atoms with Crippen LogP contribution in [0.25, 0.3) is 0 Å². The monoisotopic (exact) mass is 492 g/mol. The van der Waals surface area contributed by atoms with Crippen molar-refractivity contribution >= 4 is 5.97 Å². The predicted octanol–water partition coefficient (Wildman–Crippen LogP) is 6.00. The summed E-state index contributed by atoms with van der Waals surface area (Å²) in [6.07, 6.45) is 9.17. The molecule has 1 heterocycles. The first kappa shape index (κ1) is 27.3. The lowest BCUT2D eigenvalue weighted by atomic mass is 10.1. The van der Waals surface area contributed by atoms with E-state index in [2.05, 4.69) is 38.1 Å². The maximum atomic E-state index is 13.2. The molecule has 0 bridgehead atoms. The van der Waals surface area contributed by atoms with E-state index in [1.54, 1.807) is 0 Å². The van der Waals surface area contributed by atoms with Crippen molar-refractivity contribution in [3.8, 4) is 5.75 Å². The molecule has 0 amide bonds. The summed E-state index contributed by atoms with van der Waals surface area (Å²) < 4.78 is 9.40. The van der Waals surface area contributed by atoms with Crippen molar-refractivity contribution in [3.05, 3.63) is 87.6 Å². The van der Waals surface area contributed by atoms with Gasteiger partial charge in [0.1, 0.15) is 5.75 Å². The molecule has 0 fully saturated rings. The standard InChI is InChI=1S/C30H40N2O4/c1-5-6-7-8-20-32-26(22-31(29(32)35)21-25-14-12-23(2)13-15-25)11-9-10-24-16-18-27(19-17-24)36-30(3,4)28(33)34/h12-19,22H,5-11,20-21H2,1-4H3,(H,33,34). The molecule has 1 aromatic heterocycles. The van der Waals surface area contributed by atoms with Crippen LogP contribution >= 0.6 is 0 Å². The van der Waals surface area contributed by atoms with Crippen LogP contribution in [0.4, 0.5) is 0 Å². The molecular weight excluding hydrogens is 452 g/mol. The van der Waals surface area contributed by atoms with Crippen LogP contribution in [0.15, 0.2) is 59.5 Å². The molecule has 194 valence electrons. The van der Waals surface area contributed by atoms with Gasteiger partial charge < -0.3 is 9.84 Å². The minimum Gasteiger partial charge on any atom is -0.478 e. The number of ether oxygens (including phenoxy) is 1. The van der Waals surface area contributed by atoms with Crippen LogP contribution in [-0.4, -0.2) is 25.8 Å². The molecule has 0 unspecified atom stereocenters. The number of carbonyl (C=O) groups is 1. The van der Waals surface area contributed by atoms with E-state index in [1.807, 2.05) is 39.6 Å². The summed E-state index contributed by atoms with van der Waals surface area (Å²) in [5.74, 6) is -0.457. The van der Waals surface area contributed by atoms with Gasteiger partial charge in [-0.2, -0.15) is 0 Å². The van der Waals surface area contributed by atoms with Crippen LogP contribution in [0, 0.1) is 6.92 Å². The second-order valence-corrected chi connectivity index (χ2v) is 10.1. The fourth-order valence-corrected chi connectivity index (χ4v) is 4.26. The number of hydrogen-bond acceptors (Lipinski definition) is 3. The smallest absolute Gasteiger partial charge is 0.347 e. The van der Waals surface area contributed by atoms with E-state index in [0.29, 0.717) is 12.3 Å². The van der Waals surface area contributed by atoms with Crippen LogP contribution in [0.3, 0.4) is 0 Å². The number of benzene rings is 2. The second-order valence-electron chi connectivity index (χ2n) is 10.1. The molecule has 0 aliphatic carbocycles.